The van der Waals surface area contributed by atoms with Crippen LogP contribution in [0.1, 0.15) is 34.6 Å². The molecule has 0 spiro atoms. The van der Waals surface area contributed by atoms with Gasteiger partial charge in [0.05, 0.1) is 5.56 Å². The first-order valence-electron chi connectivity index (χ1n) is 8.86. The maximum Gasteiger partial charge on any atom is 0.256 e. The summed E-state index contributed by atoms with van der Waals surface area (Å²) in [4.78, 5) is 41.3. The number of amides is 2. The summed E-state index contributed by atoms with van der Waals surface area (Å²) < 4.78 is 0. The van der Waals surface area contributed by atoms with Gasteiger partial charge in [0.1, 0.15) is 0 Å². The number of H-pyrrole nitrogens is 1. The SMILES string of the molecule is CCN(CC)C(=O)c1ccc(NC(=O)c2cc(=O)[nH]c3ccccc23)cc1. The average molecular weight is 363 g/mol. The van der Waals surface area contributed by atoms with Gasteiger partial charge in [0.2, 0.25) is 5.56 Å². The van der Waals surface area contributed by atoms with E-state index in [9.17, 15) is 14.4 Å². The molecule has 0 radical (unpaired) electrons. The summed E-state index contributed by atoms with van der Waals surface area (Å²) >= 11 is 0. The van der Waals surface area contributed by atoms with Crippen molar-refractivity contribution in [3.8, 4) is 0 Å². The minimum absolute atomic E-state index is 0.0431. The van der Waals surface area contributed by atoms with Gasteiger partial charge in [-0.05, 0) is 44.2 Å². The standard InChI is InChI=1S/C21H21N3O3/c1-3-24(4-2)21(27)14-9-11-15(12-10-14)22-20(26)17-13-19(25)23-18-8-6-5-7-16(17)18/h5-13H,3-4H2,1-2H3,(H,22,26)(H,23,25). The van der Waals surface area contributed by atoms with E-state index < -0.39 is 0 Å². The first kappa shape index (κ1) is 18.4. The monoisotopic (exact) mass is 363 g/mol. The van der Waals surface area contributed by atoms with Crippen molar-refractivity contribution in [3.63, 3.8) is 0 Å². The Bertz CT molecular complexity index is 1030. The second-order valence-corrected chi connectivity index (χ2v) is 6.10. The van der Waals surface area contributed by atoms with E-state index in [1.54, 1.807) is 47.4 Å². The zero-order valence-electron chi connectivity index (χ0n) is 15.3. The Balaban J connectivity index is 1.83. The highest BCUT2D eigenvalue weighted by atomic mass is 16.2. The molecule has 0 aliphatic heterocycles. The van der Waals surface area contributed by atoms with Crippen molar-refractivity contribution in [1.29, 1.82) is 0 Å². The second-order valence-electron chi connectivity index (χ2n) is 6.10. The van der Waals surface area contributed by atoms with E-state index in [2.05, 4.69) is 10.3 Å². The summed E-state index contributed by atoms with van der Waals surface area (Å²) in [7, 11) is 0. The number of carbonyl (C=O) groups excluding carboxylic acids is 2. The van der Waals surface area contributed by atoms with Gasteiger partial charge in [-0.3, -0.25) is 14.4 Å². The third-order valence-electron chi connectivity index (χ3n) is 4.44. The Morgan fingerprint density at radius 1 is 1.00 bits per heavy atom. The number of aromatic nitrogens is 1. The number of nitrogens with zero attached hydrogens (tertiary/aromatic N) is 1. The smallest absolute Gasteiger partial charge is 0.256 e. The normalized spacial score (nSPS) is 10.6. The Morgan fingerprint density at radius 2 is 1.67 bits per heavy atom. The van der Waals surface area contributed by atoms with Crippen molar-refractivity contribution in [1.82, 2.24) is 9.88 Å². The van der Waals surface area contributed by atoms with E-state index in [0.29, 0.717) is 40.8 Å². The number of hydrogen-bond acceptors (Lipinski definition) is 3. The van der Waals surface area contributed by atoms with Gasteiger partial charge in [-0.1, -0.05) is 18.2 Å². The van der Waals surface area contributed by atoms with E-state index in [4.69, 9.17) is 0 Å². The van der Waals surface area contributed by atoms with Crippen molar-refractivity contribution in [2.24, 2.45) is 0 Å². The number of hydrogen-bond donors (Lipinski definition) is 2. The lowest BCUT2D eigenvalue weighted by Gasteiger charge is -2.18. The lowest BCUT2D eigenvalue weighted by Crippen LogP contribution is -2.30. The van der Waals surface area contributed by atoms with Crippen LogP contribution in [0.15, 0.2) is 59.4 Å². The van der Waals surface area contributed by atoms with Crippen LogP contribution in [-0.2, 0) is 0 Å². The van der Waals surface area contributed by atoms with Gasteiger partial charge in [0.25, 0.3) is 11.8 Å². The highest BCUT2D eigenvalue weighted by molar-refractivity contribution is 6.12. The van der Waals surface area contributed by atoms with Crippen molar-refractivity contribution in [3.05, 3.63) is 76.1 Å². The predicted octanol–water partition coefficient (Wildman–Crippen LogP) is 3.26. The number of fused-ring (bicyclic) bond motifs is 1. The molecule has 6 heteroatoms. The Hall–Kier alpha value is -3.41. The van der Waals surface area contributed by atoms with Crippen molar-refractivity contribution in [2.75, 3.05) is 18.4 Å². The molecule has 2 amide bonds. The minimum atomic E-state index is -0.375. The molecule has 1 heterocycles. The summed E-state index contributed by atoms with van der Waals surface area (Å²) in [6, 6.07) is 15.2. The summed E-state index contributed by atoms with van der Waals surface area (Å²) in [5.74, 6) is -0.418. The van der Waals surface area contributed by atoms with Gasteiger partial charge in [0, 0.05) is 41.3 Å². The van der Waals surface area contributed by atoms with Crippen molar-refractivity contribution >= 4 is 28.4 Å². The summed E-state index contributed by atoms with van der Waals surface area (Å²) in [6.07, 6.45) is 0. The molecular formula is C21H21N3O3. The summed E-state index contributed by atoms with van der Waals surface area (Å²) in [6.45, 7) is 5.15. The number of pyridine rings is 1. The first-order valence-corrected chi connectivity index (χ1v) is 8.86. The van der Waals surface area contributed by atoms with Gasteiger partial charge >= 0.3 is 0 Å². The number of benzene rings is 2. The van der Waals surface area contributed by atoms with E-state index in [1.165, 1.54) is 6.07 Å². The average Bonchev–Trinajstić information content (AvgIpc) is 2.68. The van der Waals surface area contributed by atoms with Crippen LogP contribution in [-0.4, -0.2) is 34.8 Å². The highest BCUT2D eigenvalue weighted by Gasteiger charge is 2.14. The van der Waals surface area contributed by atoms with Gasteiger partial charge in [-0.15, -0.1) is 0 Å². The third kappa shape index (κ3) is 3.89. The zero-order valence-corrected chi connectivity index (χ0v) is 15.3. The maximum absolute atomic E-state index is 12.7. The van der Waals surface area contributed by atoms with Crippen LogP contribution in [0.5, 0.6) is 0 Å². The lowest BCUT2D eigenvalue weighted by molar-refractivity contribution is 0.0773. The molecule has 0 atom stereocenters. The number of nitrogens with one attached hydrogen (secondary N) is 2. The van der Waals surface area contributed by atoms with Gasteiger partial charge in [-0.25, -0.2) is 0 Å². The third-order valence-corrected chi connectivity index (χ3v) is 4.44. The Kier molecular flexibility index (Phi) is 5.35. The molecular weight excluding hydrogens is 342 g/mol. The van der Waals surface area contributed by atoms with Gasteiger partial charge < -0.3 is 15.2 Å². The van der Waals surface area contributed by atoms with Crippen LogP contribution in [0.2, 0.25) is 0 Å². The number of aromatic amines is 1. The van der Waals surface area contributed by atoms with Crippen LogP contribution < -0.4 is 10.9 Å². The highest BCUT2D eigenvalue weighted by Crippen LogP contribution is 2.17. The molecule has 0 unspecified atom stereocenters. The molecule has 3 rings (SSSR count). The molecule has 6 nitrogen and oxygen atoms in total. The fourth-order valence-electron chi connectivity index (χ4n) is 2.98. The van der Waals surface area contributed by atoms with E-state index in [0.717, 1.165) is 0 Å². The van der Waals surface area contributed by atoms with E-state index in [1.807, 2.05) is 19.9 Å². The van der Waals surface area contributed by atoms with Crippen LogP contribution in [0, 0.1) is 0 Å². The van der Waals surface area contributed by atoms with Crippen LogP contribution in [0.25, 0.3) is 10.9 Å². The molecule has 0 saturated heterocycles. The molecule has 2 aromatic carbocycles. The summed E-state index contributed by atoms with van der Waals surface area (Å²) in [5, 5.41) is 3.45. The predicted molar refractivity (Wildman–Crippen MR) is 106 cm³/mol. The molecule has 0 bridgehead atoms. The molecule has 138 valence electrons. The molecule has 1 aromatic heterocycles. The maximum atomic E-state index is 12.7. The first-order chi connectivity index (χ1) is 13.0. The summed E-state index contributed by atoms with van der Waals surface area (Å²) in [5.41, 5.74) is 1.70. The number of rotatable bonds is 5. The molecule has 0 saturated carbocycles. The molecule has 0 aliphatic carbocycles. The molecule has 27 heavy (non-hydrogen) atoms. The zero-order chi connectivity index (χ0) is 19.4. The van der Waals surface area contributed by atoms with Crippen molar-refractivity contribution in [2.45, 2.75) is 13.8 Å². The quantitative estimate of drug-likeness (QED) is 0.730. The molecule has 0 fully saturated rings. The van der Waals surface area contributed by atoms with Crippen molar-refractivity contribution < 1.29 is 9.59 Å². The number of para-hydroxylation sites is 1. The van der Waals surface area contributed by atoms with E-state index in [-0.39, 0.29) is 17.4 Å². The largest absolute Gasteiger partial charge is 0.339 e. The van der Waals surface area contributed by atoms with Gasteiger partial charge in [-0.2, -0.15) is 0 Å². The molecule has 2 N–H and O–H groups in total. The topological polar surface area (TPSA) is 82.3 Å². The molecule has 3 aromatic rings. The van der Waals surface area contributed by atoms with Crippen LogP contribution >= 0.6 is 0 Å². The minimum Gasteiger partial charge on any atom is -0.339 e. The van der Waals surface area contributed by atoms with Crippen LogP contribution in [0.3, 0.4) is 0 Å². The molecule has 0 aliphatic rings. The van der Waals surface area contributed by atoms with Crippen LogP contribution in [0.4, 0.5) is 5.69 Å². The fourth-order valence-corrected chi connectivity index (χ4v) is 2.98. The van der Waals surface area contributed by atoms with E-state index >= 15 is 0 Å². The number of carbonyl (C=O) groups is 2. The number of anilines is 1. The fraction of sp³-hybridized carbons (Fsp3) is 0.190. The van der Waals surface area contributed by atoms with Gasteiger partial charge in [0.15, 0.2) is 0 Å². The Morgan fingerprint density at radius 3 is 2.33 bits per heavy atom. The lowest BCUT2D eigenvalue weighted by atomic mass is 10.1. The second kappa shape index (κ2) is 7.86. The Labute approximate surface area is 156 Å².